The highest BCUT2D eigenvalue weighted by molar-refractivity contribution is 7.99. The molecule has 0 atom stereocenters. The van der Waals surface area contributed by atoms with Crippen LogP contribution in [0.4, 0.5) is 5.13 Å². The van der Waals surface area contributed by atoms with Gasteiger partial charge < -0.3 is 4.57 Å². The highest BCUT2D eigenvalue weighted by Crippen LogP contribution is 2.27. The highest BCUT2D eigenvalue weighted by Gasteiger charge is 2.15. The summed E-state index contributed by atoms with van der Waals surface area (Å²) in [5, 5.41) is 22.2. The molecule has 1 aromatic carbocycles. The number of amides is 1. The van der Waals surface area contributed by atoms with Crippen LogP contribution in [0.5, 0.6) is 0 Å². The van der Waals surface area contributed by atoms with E-state index in [0.717, 1.165) is 27.1 Å². The van der Waals surface area contributed by atoms with Gasteiger partial charge in [-0.05, 0) is 6.07 Å². The molecule has 29 heavy (non-hydrogen) atoms. The van der Waals surface area contributed by atoms with Gasteiger partial charge in [0.2, 0.25) is 16.2 Å². The van der Waals surface area contributed by atoms with Crippen LogP contribution in [-0.4, -0.2) is 41.6 Å². The van der Waals surface area contributed by atoms with E-state index < -0.39 is 0 Å². The van der Waals surface area contributed by atoms with Gasteiger partial charge in [0.15, 0.2) is 5.65 Å². The van der Waals surface area contributed by atoms with Crippen molar-refractivity contribution in [1.82, 2.24) is 29.9 Å². The van der Waals surface area contributed by atoms with E-state index in [9.17, 15) is 4.79 Å². The number of hydrogen-bond donors (Lipinski definition) is 1. The first kappa shape index (κ1) is 19.5. The summed E-state index contributed by atoms with van der Waals surface area (Å²) in [5.41, 5.74) is 2.50. The summed E-state index contributed by atoms with van der Waals surface area (Å²) in [6, 6.07) is 7.97. The van der Waals surface area contributed by atoms with Crippen molar-refractivity contribution in [2.45, 2.75) is 31.5 Å². The fourth-order valence-corrected chi connectivity index (χ4v) is 4.21. The lowest BCUT2D eigenvalue weighted by atomic mass is 10.2. The molecule has 0 fully saturated rings. The van der Waals surface area contributed by atoms with Crippen molar-refractivity contribution >= 4 is 56.2 Å². The van der Waals surface area contributed by atoms with Gasteiger partial charge in [0.1, 0.15) is 10.5 Å². The largest absolute Gasteiger partial charge is 0.320 e. The number of carbonyl (C=O) groups excluding carboxylic acids is 1. The van der Waals surface area contributed by atoms with Crippen LogP contribution in [0.25, 0.3) is 22.1 Å². The van der Waals surface area contributed by atoms with Gasteiger partial charge >= 0.3 is 0 Å². The van der Waals surface area contributed by atoms with Gasteiger partial charge in [-0.3, -0.25) is 10.1 Å². The number of allylic oxidation sites excluding steroid dienone is 1. The predicted molar refractivity (Wildman–Crippen MR) is 116 cm³/mol. The Morgan fingerprint density at radius 1 is 1.28 bits per heavy atom. The molecule has 4 aromatic rings. The smallest absolute Gasteiger partial charge is 0.236 e. The van der Waals surface area contributed by atoms with Crippen molar-refractivity contribution in [3.8, 4) is 0 Å². The number of thioether (sulfide) groups is 1. The monoisotopic (exact) mass is 425 g/mol. The molecule has 3 heterocycles. The van der Waals surface area contributed by atoms with Crippen molar-refractivity contribution in [2.24, 2.45) is 0 Å². The number of nitrogens with zero attached hydrogens (tertiary/aromatic N) is 6. The first-order valence-electron chi connectivity index (χ1n) is 9.05. The summed E-state index contributed by atoms with van der Waals surface area (Å²) in [6.07, 6.45) is 1.82. The minimum absolute atomic E-state index is 0.158. The van der Waals surface area contributed by atoms with E-state index in [1.807, 2.05) is 48.8 Å². The predicted octanol–water partition coefficient (Wildman–Crippen LogP) is 3.87. The van der Waals surface area contributed by atoms with Crippen LogP contribution < -0.4 is 5.32 Å². The van der Waals surface area contributed by atoms with Crippen LogP contribution in [0.1, 0.15) is 24.8 Å². The van der Waals surface area contributed by atoms with Gasteiger partial charge in [0.25, 0.3) is 0 Å². The van der Waals surface area contributed by atoms with Gasteiger partial charge in [0.05, 0.1) is 11.3 Å². The van der Waals surface area contributed by atoms with E-state index >= 15 is 0 Å². The van der Waals surface area contributed by atoms with E-state index in [4.69, 9.17) is 0 Å². The number of aromatic nitrogens is 6. The Kier molecular flexibility index (Phi) is 5.54. The van der Waals surface area contributed by atoms with Crippen molar-refractivity contribution in [3.05, 3.63) is 41.9 Å². The molecule has 0 bridgehead atoms. The SMILES string of the molecule is C=CCn1c2ccccc2c2nnc(SCC(=O)Nc3nnc(C(C)C)s3)nc21. The Labute approximate surface area is 175 Å². The zero-order valence-corrected chi connectivity index (χ0v) is 17.6. The van der Waals surface area contributed by atoms with Gasteiger partial charge in [-0.15, -0.1) is 27.0 Å². The Morgan fingerprint density at radius 3 is 2.86 bits per heavy atom. The summed E-state index contributed by atoms with van der Waals surface area (Å²) >= 11 is 2.62. The van der Waals surface area contributed by atoms with Crippen LogP contribution in [0.2, 0.25) is 0 Å². The molecule has 4 rings (SSSR count). The molecular formula is C19H19N7OS2. The number of fused-ring (bicyclic) bond motifs is 3. The summed E-state index contributed by atoms with van der Waals surface area (Å²) in [5.74, 6) is 0.253. The standard InChI is InChI=1S/C19H19N7OS2/c1-4-9-26-13-8-6-5-7-12(13)15-16(26)21-18(24-22-15)28-10-14(27)20-19-25-23-17(29-19)11(2)3/h4-8,11H,1,9-10H2,2-3H3,(H,20,25,27). The maximum Gasteiger partial charge on any atom is 0.236 e. The Balaban J connectivity index is 1.52. The second-order valence-electron chi connectivity index (χ2n) is 6.62. The molecule has 0 saturated heterocycles. The normalized spacial score (nSPS) is 11.4. The van der Waals surface area contributed by atoms with Crippen LogP contribution in [0.3, 0.4) is 0 Å². The molecule has 0 saturated carbocycles. The molecule has 0 spiro atoms. The number of nitrogens with one attached hydrogen (secondary N) is 1. The van der Waals surface area contributed by atoms with Crippen molar-refractivity contribution < 1.29 is 4.79 Å². The average Bonchev–Trinajstić information content (AvgIpc) is 3.30. The molecule has 1 amide bonds. The lowest BCUT2D eigenvalue weighted by Gasteiger charge is -2.03. The van der Waals surface area contributed by atoms with E-state index in [1.54, 1.807) is 0 Å². The first-order valence-corrected chi connectivity index (χ1v) is 10.9. The number of para-hydroxylation sites is 1. The maximum absolute atomic E-state index is 12.3. The molecule has 10 heteroatoms. The quantitative estimate of drug-likeness (QED) is 0.354. The van der Waals surface area contributed by atoms with Gasteiger partial charge in [-0.25, -0.2) is 4.98 Å². The van der Waals surface area contributed by atoms with Crippen LogP contribution in [0, 0.1) is 0 Å². The summed E-state index contributed by atoms with van der Waals surface area (Å²) in [4.78, 5) is 16.9. The molecule has 3 aromatic heterocycles. The second-order valence-corrected chi connectivity index (χ2v) is 8.57. The number of benzene rings is 1. The number of carbonyl (C=O) groups is 1. The minimum Gasteiger partial charge on any atom is -0.320 e. The van der Waals surface area contributed by atoms with Crippen molar-refractivity contribution in [1.29, 1.82) is 0 Å². The molecule has 0 aliphatic rings. The van der Waals surface area contributed by atoms with Crippen LogP contribution >= 0.6 is 23.1 Å². The summed E-state index contributed by atoms with van der Waals surface area (Å²) in [6.45, 7) is 8.52. The first-order chi connectivity index (χ1) is 14.1. The van der Waals surface area contributed by atoms with Crippen molar-refractivity contribution in [3.63, 3.8) is 0 Å². The minimum atomic E-state index is -0.184. The fraction of sp³-hybridized carbons (Fsp3) is 0.263. The molecule has 148 valence electrons. The van der Waals surface area contributed by atoms with E-state index in [2.05, 4.69) is 37.3 Å². The third-order valence-corrected chi connectivity index (χ3v) is 6.16. The maximum atomic E-state index is 12.3. The number of rotatable bonds is 7. The average molecular weight is 426 g/mol. The zero-order valence-electron chi connectivity index (χ0n) is 16.0. The Morgan fingerprint density at radius 2 is 2.10 bits per heavy atom. The summed E-state index contributed by atoms with van der Waals surface area (Å²) < 4.78 is 2.05. The molecule has 0 aliphatic heterocycles. The molecule has 1 N–H and O–H groups in total. The van der Waals surface area contributed by atoms with E-state index in [-0.39, 0.29) is 17.6 Å². The topological polar surface area (TPSA) is 98.5 Å². The van der Waals surface area contributed by atoms with E-state index in [1.165, 1.54) is 23.1 Å². The lowest BCUT2D eigenvalue weighted by molar-refractivity contribution is -0.113. The summed E-state index contributed by atoms with van der Waals surface area (Å²) in [7, 11) is 0. The van der Waals surface area contributed by atoms with Gasteiger partial charge in [-0.2, -0.15) is 0 Å². The van der Waals surface area contributed by atoms with Crippen LogP contribution in [-0.2, 0) is 11.3 Å². The third-order valence-electron chi connectivity index (χ3n) is 4.18. The van der Waals surface area contributed by atoms with Gasteiger partial charge in [-0.1, -0.05) is 61.2 Å². The molecule has 0 aliphatic carbocycles. The van der Waals surface area contributed by atoms with Crippen LogP contribution in [0.15, 0.2) is 42.1 Å². The molecule has 0 radical (unpaired) electrons. The molecule has 8 nitrogen and oxygen atoms in total. The van der Waals surface area contributed by atoms with E-state index in [0.29, 0.717) is 16.8 Å². The van der Waals surface area contributed by atoms with Crippen molar-refractivity contribution in [2.75, 3.05) is 11.1 Å². The zero-order chi connectivity index (χ0) is 20.4. The molecule has 0 unspecified atom stereocenters. The second kappa shape index (κ2) is 8.26. The van der Waals surface area contributed by atoms with Gasteiger partial charge in [0, 0.05) is 17.8 Å². The fourth-order valence-electron chi connectivity index (χ4n) is 2.87. The number of hydrogen-bond acceptors (Lipinski definition) is 8. The third kappa shape index (κ3) is 3.99. The Bertz CT molecular complexity index is 1200. The number of anilines is 1. The highest BCUT2D eigenvalue weighted by atomic mass is 32.2. The Hall–Kier alpha value is -2.85. The molecular weight excluding hydrogens is 406 g/mol. The lowest BCUT2D eigenvalue weighted by Crippen LogP contribution is -2.14.